The Balaban J connectivity index is 1.70. The van der Waals surface area contributed by atoms with E-state index in [9.17, 15) is 49.7 Å². The zero-order valence-electron chi connectivity index (χ0n) is 20.5. The molecule has 2 aliphatic rings. The fourth-order valence-electron chi connectivity index (χ4n) is 4.34. The smallest absolute Gasteiger partial charge is 0.351 e. The number of anilines is 1. The first-order valence-electron chi connectivity index (χ1n) is 11.7. The number of rotatable bonds is 10. The second-order valence-corrected chi connectivity index (χ2v) is 11.1. The van der Waals surface area contributed by atoms with Gasteiger partial charge < -0.3 is 70.3 Å². The summed E-state index contributed by atoms with van der Waals surface area (Å²) < 4.78 is 29.2. The van der Waals surface area contributed by atoms with Crippen LogP contribution in [0.4, 0.5) is 5.82 Å². The molecule has 2 saturated heterocycles. The molecule has 39 heavy (non-hydrogen) atoms. The molecule has 3 rings (SSSR count). The molecular formula is C20H32N4O14P-. The SMILES string of the molecule is CC(=O)N[C@H]1C([C@H](O)[C@H](O)CO)O[C@@H](C(O)P(=O)([O-])OC[C@H]2O[C@@H](n3ccc(N)nc3=O)C(O)[C@H]2O)C[C@@H]1O. The quantitative estimate of drug-likeness (QED) is 0.116. The topological polar surface area (TPSA) is 299 Å². The lowest BCUT2D eigenvalue weighted by molar-refractivity contribution is -0.230. The Morgan fingerprint density at radius 1 is 1.31 bits per heavy atom. The van der Waals surface area contributed by atoms with Crippen LogP contribution in [0.2, 0.25) is 0 Å². The van der Waals surface area contributed by atoms with E-state index in [0.29, 0.717) is 0 Å². The first-order chi connectivity index (χ1) is 18.2. The number of carbonyl (C=O) groups excluding carboxylic acids is 1. The number of hydrogen-bond donors (Lipinski definition) is 9. The lowest BCUT2D eigenvalue weighted by Gasteiger charge is -2.45. The van der Waals surface area contributed by atoms with E-state index in [1.165, 1.54) is 6.07 Å². The molecule has 1 amide bonds. The second kappa shape index (κ2) is 12.6. The van der Waals surface area contributed by atoms with Crippen LogP contribution in [0.1, 0.15) is 19.6 Å². The first-order valence-corrected chi connectivity index (χ1v) is 13.4. The number of amides is 1. The van der Waals surface area contributed by atoms with Gasteiger partial charge in [0.05, 0.1) is 31.5 Å². The predicted octanol–water partition coefficient (Wildman–Crippen LogP) is -5.93. The van der Waals surface area contributed by atoms with Gasteiger partial charge in [0.15, 0.2) is 13.8 Å². The molecule has 18 nitrogen and oxygen atoms in total. The van der Waals surface area contributed by atoms with Gasteiger partial charge in [-0.25, -0.2) is 4.79 Å². The molecule has 222 valence electrons. The Morgan fingerprint density at radius 2 is 1.97 bits per heavy atom. The summed E-state index contributed by atoms with van der Waals surface area (Å²) in [6.45, 7) is -0.751. The summed E-state index contributed by atoms with van der Waals surface area (Å²) in [6, 6.07) is -0.102. The van der Waals surface area contributed by atoms with Gasteiger partial charge in [-0.2, -0.15) is 4.98 Å². The molecule has 0 aromatic carbocycles. The Morgan fingerprint density at radius 3 is 2.56 bits per heavy atom. The minimum Gasteiger partial charge on any atom is -0.777 e. The normalized spacial score (nSPS) is 35.1. The molecule has 0 bridgehead atoms. The largest absolute Gasteiger partial charge is 0.777 e. The Bertz CT molecular complexity index is 1110. The van der Waals surface area contributed by atoms with Crippen molar-refractivity contribution in [3.8, 4) is 0 Å². The van der Waals surface area contributed by atoms with Crippen LogP contribution in [-0.2, 0) is 23.4 Å². The van der Waals surface area contributed by atoms with Crippen LogP contribution in [0.15, 0.2) is 17.1 Å². The molecule has 0 spiro atoms. The zero-order valence-corrected chi connectivity index (χ0v) is 21.4. The molecule has 12 atom stereocenters. The van der Waals surface area contributed by atoms with Gasteiger partial charge in [-0.3, -0.25) is 9.36 Å². The van der Waals surface area contributed by atoms with Crippen LogP contribution in [0.25, 0.3) is 0 Å². The number of ether oxygens (including phenoxy) is 2. The molecule has 1 aromatic rings. The lowest BCUT2D eigenvalue weighted by atomic mass is 9.90. The average molecular weight is 583 g/mol. The number of nitrogens with one attached hydrogen (secondary N) is 1. The average Bonchev–Trinajstić information content (AvgIpc) is 3.15. The number of nitrogens with zero attached hydrogens (tertiary/aromatic N) is 2. The molecule has 1 aromatic heterocycles. The highest BCUT2D eigenvalue weighted by Crippen LogP contribution is 2.47. The maximum Gasteiger partial charge on any atom is 0.351 e. The van der Waals surface area contributed by atoms with Gasteiger partial charge in [0.25, 0.3) is 0 Å². The highest BCUT2D eigenvalue weighted by Gasteiger charge is 2.49. The second-order valence-electron chi connectivity index (χ2n) is 9.25. The fraction of sp³-hybridized carbons (Fsp3) is 0.750. The molecule has 0 radical (unpaired) electrons. The molecule has 3 heterocycles. The third kappa shape index (κ3) is 6.99. The van der Waals surface area contributed by atoms with Crippen molar-refractivity contribution in [3.05, 3.63) is 22.7 Å². The Labute approximate surface area is 220 Å². The van der Waals surface area contributed by atoms with Gasteiger partial charge in [0, 0.05) is 19.5 Å². The summed E-state index contributed by atoms with van der Waals surface area (Å²) in [5, 5.41) is 73.2. The zero-order chi connectivity index (χ0) is 29.2. The molecule has 2 aliphatic heterocycles. The maximum absolute atomic E-state index is 12.7. The predicted molar refractivity (Wildman–Crippen MR) is 124 cm³/mol. The molecule has 2 fully saturated rings. The van der Waals surface area contributed by atoms with Gasteiger partial charge in [-0.15, -0.1) is 0 Å². The van der Waals surface area contributed by atoms with Gasteiger partial charge in [-0.1, -0.05) is 0 Å². The van der Waals surface area contributed by atoms with Crippen LogP contribution in [0, 0.1) is 0 Å². The molecule has 0 saturated carbocycles. The lowest BCUT2D eigenvalue weighted by Crippen LogP contribution is -2.64. The van der Waals surface area contributed by atoms with Gasteiger partial charge >= 0.3 is 5.69 Å². The minimum absolute atomic E-state index is 0.107. The number of nitrogen functional groups attached to an aromatic ring is 1. The van der Waals surface area contributed by atoms with Crippen molar-refractivity contribution < 1.29 is 64.0 Å². The summed E-state index contributed by atoms with van der Waals surface area (Å²) >= 11 is 0. The van der Waals surface area contributed by atoms with E-state index in [0.717, 1.165) is 17.7 Å². The maximum atomic E-state index is 12.7. The Hall–Kier alpha value is -2.06. The van der Waals surface area contributed by atoms with Crippen molar-refractivity contribution in [3.63, 3.8) is 0 Å². The number of hydrogen-bond acceptors (Lipinski definition) is 16. The van der Waals surface area contributed by atoms with Crippen LogP contribution in [0.5, 0.6) is 0 Å². The van der Waals surface area contributed by atoms with Crippen LogP contribution in [0.3, 0.4) is 0 Å². The van der Waals surface area contributed by atoms with Crippen molar-refractivity contribution in [1.82, 2.24) is 14.9 Å². The van der Waals surface area contributed by atoms with Crippen molar-refractivity contribution in [2.75, 3.05) is 18.9 Å². The molecule has 10 N–H and O–H groups in total. The van der Waals surface area contributed by atoms with E-state index in [-0.39, 0.29) is 5.82 Å². The van der Waals surface area contributed by atoms with Crippen molar-refractivity contribution in [2.45, 2.75) is 80.3 Å². The molecule has 19 heteroatoms. The summed E-state index contributed by atoms with van der Waals surface area (Å²) in [4.78, 5) is 39.8. The van der Waals surface area contributed by atoms with Crippen molar-refractivity contribution in [2.24, 2.45) is 0 Å². The third-order valence-corrected chi connectivity index (χ3v) is 7.89. The van der Waals surface area contributed by atoms with E-state index in [4.69, 9.17) is 24.8 Å². The monoisotopic (exact) mass is 583 g/mol. The summed E-state index contributed by atoms with van der Waals surface area (Å²) in [5.41, 5.74) is 4.51. The van der Waals surface area contributed by atoms with Crippen LogP contribution < -0.4 is 21.6 Å². The highest BCUT2D eigenvalue weighted by atomic mass is 31.2. The molecule has 0 aliphatic carbocycles. The number of aliphatic hydroxyl groups excluding tert-OH is 7. The number of nitrogens with two attached hydrogens (primary N) is 1. The number of aliphatic hydroxyl groups is 7. The number of aromatic nitrogens is 2. The number of carbonyl (C=O) groups is 1. The van der Waals surface area contributed by atoms with Gasteiger partial charge in [-0.05, 0) is 6.07 Å². The first kappa shape index (κ1) is 31.5. The molecule has 4 unspecified atom stereocenters. The van der Waals surface area contributed by atoms with Crippen LogP contribution in [-0.4, -0.2) is 125 Å². The third-order valence-electron chi connectivity index (χ3n) is 6.40. The van der Waals surface area contributed by atoms with Gasteiger partial charge in [0.1, 0.15) is 48.3 Å². The summed E-state index contributed by atoms with van der Waals surface area (Å²) in [7, 11) is -5.30. The fourth-order valence-corrected chi connectivity index (χ4v) is 5.45. The van der Waals surface area contributed by atoms with Crippen molar-refractivity contribution >= 4 is 19.3 Å². The summed E-state index contributed by atoms with van der Waals surface area (Å²) in [6.07, 6.45) is -14.4. The van der Waals surface area contributed by atoms with E-state index in [2.05, 4.69) is 10.3 Å². The molecular weight excluding hydrogens is 551 g/mol. The van der Waals surface area contributed by atoms with Crippen LogP contribution >= 0.6 is 7.60 Å². The van der Waals surface area contributed by atoms with E-state index < -0.39 is 106 Å². The highest BCUT2D eigenvalue weighted by molar-refractivity contribution is 7.52. The van der Waals surface area contributed by atoms with E-state index in [1.807, 2.05) is 0 Å². The minimum atomic E-state index is -5.30. The van der Waals surface area contributed by atoms with E-state index in [1.54, 1.807) is 0 Å². The van der Waals surface area contributed by atoms with Gasteiger partial charge in [0.2, 0.25) is 5.91 Å². The Kier molecular flexibility index (Phi) is 10.2. The van der Waals surface area contributed by atoms with Crippen molar-refractivity contribution in [1.29, 1.82) is 0 Å². The van der Waals surface area contributed by atoms with E-state index >= 15 is 0 Å². The summed E-state index contributed by atoms with van der Waals surface area (Å²) in [5.74, 6) is -3.21. The standard InChI is InChI=1S/C20H33N4O14P/c1-7(26)22-13-8(27)4-10(37-17(13)14(29)9(28)5-25)19(32)39(34,35)36-6-11-15(30)16(31)18(38-11)24-3-2-12(21)23-20(24)33/h2-3,8-11,13-19,25,27-32H,4-6H2,1H3,(H,22,26)(H,34,35)(H2,21,23,33)/p-1/t8-,9+,10+,11+,13+,14+,15-,16?,17?,18+,19?/m0/s1.